The molecule has 1 saturated heterocycles. The van der Waals surface area contributed by atoms with Crippen LogP contribution in [0.4, 0.5) is 5.82 Å². The van der Waals surface area contributed by atoms with Crippen molar-refractivity contribution >= 4 is 22.6 Å². The first-order valence-electron chi connectivity index (χ1n) is 15.0. The van der Waals surface area contributed by atoms with E-state index in [9.17, 15) is 9.59 Å². The van der Waals surface area contributed by atoms with Gasteiger partial charge < -0.3 is 15.2 Å². The highest BCUT2D eigenvalue weighted by molar-refractivity contribution is 6.08. The number of carbonyl (C=O) groups excluding carboxylic acids is 1. The van der Waals surface area contributed by atoms with Crippen LogP contribution in [0.3, 0.4) is 0 Å². The van der Waals surface area contributed by atoms with E-state index in [0.29, 0.717) is 17.2 Å². The molecule has 0 aliphatic carbocycles. The largest absolute Gasteiger partial charge is 0.354 e. The molecule has 1 aliphatic rings. The van der Waals surface area contributed by atoms with E-state index >= 15 is 0 Å². The maximum atomic E-state index is 13.7. The number of aromatic amines is 1. The number of H-pyrrole nitrogens is 1. The molecular weight excluding hydrogens is 526 g/mol. The van der Waals surface area contributed by atoms with Gasteiger partial charge in [0.15, 0.2) is 0 Å². The van der Waals surface area contributed by atoms with Gasteiger partial charge >= 0.3 is 0 Å². The van der Waals surface area contributed by atoms with Gasteiger partial charge in [0.05, 0.1) is 17.3 Å². The number of benzene rings is 1. The molecule has 42 heavy (non-hydrogen) atoms. The Morgan fingerprint density at radius 2 is 1.69 bits per heavy atom. The normalized spacial score (nSPS) is 14.5. The number of amides is 1. The maximum absolute atomic E-state index is 13.7. The first kappa shape index (κ1) is 29.5. The average molecular weight is 570 g/mol. The zero-order valence-electron chi connectivity index (χ0n) is 25.9. The molecule has 0 bridgehead atoms. The standard InChI is InChI=1S/C33H43N7O2/c1-20(2)26-14-23(7)37-33(42)29(26)18-35-32(41)27-15-25(16-30-28(27)19-36-40(30)22(5)6)24-8-9-31(34-17-24)39-12-10-38(11-13-39)21(3)4/h8-9,14-17,19-22H,10-13,18H2,1-7H3,(H,35,41)(H,37,42). The molecule has 0 saturated carbocycles. The van der Waals surface area contributed by atoms with Crippen molar-refractivity contribution in [2.75, 3.05) is 31.1 Å². The molecule has 9 heteroatoms. The molecule has 1 aromatic carbocycles. The van der Waals surface area contributed by atoms with Crippen molar-refractivity contribution in [3.63, 3.8) is 0 Å². The predicted octanol–water partition coefficient (Wildman–Crippen LogP) is 5.26. The fourth-order valence-corrected chi connectivity index (χ4v) is 5.83. The minimum Gasteiger partial charge on any atom is -0.354 e. The van der Waals surface area contributed by atoms with E-state index in [2.05, 4.69) is 84.9 Å². The van der Waals surface area contributed by atoms with Gasteiger partial charge in [0.1, 0.15) is 5.82 Å². The van der Waals surface area contributed by atoms with E-state index in [-0.39, 0.29) is 30.0 Å². The highest BCUT2D eigenvalue weighted by Gasteiger charge is 2.21. The van der Waals surface area contributed by atoms with Crippen LogP contribution in [0.25, 0.3) is 22.0 Å². The van der Waals surface area contributed by atoms with Crippen molar-refractivity contribution in [2.45, 2.75) is 73.0 Å². The van der Waals surface area contributed by atoms with Crippen LogP contribution >= 0.6 is 0 Å². The Labute approximate surface area is 247 Å². The summed E-state index contributed by atoms with van der Waals surface area (Å²) in [6.45, 7) is 18.7. The van der Waals surface area contributed by atoms with Gasteiger partial charge in [0, 0.05) is 73.2 Å². The summed E-state index contributed by atoms with van der Waals surface area (Å²) in [4.78, 5) is 39.0. The van der Waals surface area contributed by atoms with Gasteiger partial charge in [0.25, 0.3) is 11.5 Å². The van der Waals surface area contributed by atoms with E-state index < -0.39 is 0 Å². The van der Waals surface area contributed by atoms with Gasteiger partial charge in [-0.15, -0.1) is 0 Å². The highest BCUT2D eigenvalue weighted by Crippen LogP contribution is 2.30. The van der Waals surface area contributed by atoms with Crippen LogP contribution in [0.1, 0.15) is 80.7 Å². The lowest BCUT2D eigenvalue weighted by atomic mass is 9.97. The van der Waals surface area contributed by atoms with Crippen LogP contribution in [0.15, 0.2) is 47.5 Å². The third kappa shape index (κ3) is 5.97. The Kier molecular flexibility index (Phi) is 8.50. The van der Waals surface area contributed by atoms with Crippen molar-refractivity contribution in [1.29, 1.82) is 0 Å². The van der Waals surface area contributed by atoms with E-state index in [4.69, 9.17) is 4.98 Å². The Balaban J connectivity index is 1.45. The lowest BCUT2D eigenvalue weighted by molar-refractivity contribution is 0.0952. The third-order valence-electron chi connectivity index (χ3n) is 8.25. The Morgan fingerprint density at radius 1 is 0.952 bits per heavy atom. The van der Waals surface area contributed by atoms with Gasteiger partial charge in [-0.25, -0.2) is 4.98 Å². The molecule has 4 heterocycles. The quantitative estimate of drug-likeness (QED) is 0.300. The Hall–Kier alpha value is -3.98. The topological polar surface area (TPSA) is 99.2 Å². The molecule has 5 rings (SSSR count). The molecule has 1 aliphatic heterocycles. The predicted molar refractivity (Wildman–Crippen MR) is 169 cm³/mol. The SMILES string of the molecule is Cc1cc(C(C)C)c(CNC(=O)c2cc(-c3ccc(N4CCN(C(C)C)CC4)nc3)cc3c2cnn3C(C)C)c(=O)[nH]1. The fourth-order valence-electron chi connectivity index (χ4n) is 5.83. The van der Waals surface area contributed by atoms with Crippen molar-refractivity contribution in [1.82, 2.24) is 30.0 Å². The number of piperazine rings is 1. The van der Waals surface area contributed by atoms with Crippen molar-refractivity contribution in [2.24, 2.45) is 0 Å². The minimum atomic E-state index is -0.243. The number of hydrogen-bond donors (Lipinski definition) is 2. The van der Waals surface area contributed by atoms with Gasteiger partial charge in [0.2, 0.25) is 0 Å². The fraction of sp³-hybridized carbons (Fsp3) is 0.455. The smallest absolute Gasteiger partial charge is 0.253 e. The van der Waals surface area contributed by atoms with E-state index in [1.165, 1.54) is 0 Å². The lowest BCUT2D eigenvalue weighted by Crippen LogP contribution is -2.49. The van der Waals surface area contributed by atoms with Crippen LogP contribution in [-0.4, -0.2) is 62.8 Å². The molecule has 9 nitrogen and oxygen atoms in total. The van der Waals surface area contributed by atoms with E-state index in [0.717, 1.165) is 65.3 Å². The Bertz CT molecular complexity index is 1620. The molecule has 0 unspecified atom stereocenters. The second kappa shape index (κ2) is 12.1. The summed E-state index contributed by atoms with van der Waals surface area (Å²) in [5.41, 5.74) is 5.42. The van der Waals surface area contributed by atoms with Crippen molar-refractivity contribution in [3.05, 3.63) is 75.5 Å². The molecule has 0 radical (unpaired) electrons. The molecule has 2 N–H and O–H groups in total. The molecule has 4 aromatic rings. The van der Waals surface area contributed by atoms with Gasteiger partial charge in [-0.3, -0.25) is 19.2 Å². The molecule has 1 amide bonds. The minimum absolute atomic E-state index is 0.124. The zero-order chi connectivity index (χ0) is 30.1. The Morgan fingerprint density at radius 3 is 2.31 bits per heavy atom. The summed E-state index contributed by atoms with van der Waals surface area (Å²) in [5.74, 6) is 0.886. The number of hydrogen-bond acceptors (Lipinski definition) is 6. The van der Waals surface area contributed by atoms with Crippen LogP contribution in [0.5, 0.6) is 0 Å². The van der Waals surface area contributed by atoms with Crippen molar-refractivity contribution in [3.8, 4) is 11.1 Å². The van der Waals surface area contributed by atoms with E-state index in [1.54, 1.807) is 6.20 Å². The summed E-state index contributed by atoms with van der Waals surface area (Å²) in [5, 5.41) is 8.40. The summed E-state index contributed by atoms with van der Waals surface area (Å²) >= 11 is 0. The first-order valence-corrected chi connectivity index (χ1v) is 15.0. The molecule has 222 valence electrons. The van der Waals surface area contributed by atoms with E-state index in [1.807, 2.05) is 29.9 Å². The maximum Gasteiger partial charge on any atom is 0.253 e. The average Bonchev–Trinajstić information content (AvgIpc) is 3.40. The van der Waals surface area contributed by atoms with Crippen LogP contribution < -0.4 is 15.8 Å². The number of rotatable bonds is 8. The van der Waals surface area contributed by atoms with Crippen LogP contribution in [0.2, 0.25) is 0 Å². The molecule has 0 spiro atoms. The number of nitrogens with zero attached hydrogens (tertiary/aromatic N) is 5. The van der Waals surface area contributed by atoms with Gasteiger partial charge in [-0.1, -0.05) is 13.8 Å². The second-order valence-electron chi connectivity index (χ2n) is 12.2. The lowest BCUT2D eigenvalue weighted by Gasteiger charge is -2.37. The number of aromatic nitrogens is 4. The van der Waals surface area contributed by atoms with Gasteiger partial charge in [-0.2, -0.15) is 5.10 Å². The first-order chi connectivity index (χ1) is 20.0. The van der Waals surface area contributed by atoms with Crippen LogP contribution in [0, 0.1) is 6.92 Å². The zero-order valence-corrected chi connectivity index (χ0v) is 25.9. The number of pyridine rings is 2. The van der Waals surface area contributed by atoms with Crippen molar-refractivity contribution < 1.29 is 4.79 Å². The monoisotopic (exact) mass is 569 g/mol. The van der Waals surface area contributed by atoms with Gasteiger partial charge in [-0.05, 0) is 82.0 Å². The highest BCUT2D eigenvalue weighted by atomic mass is 16.1. The second-order valence-corrected chi connectivity index (χ2v) is 12.2. The molecule has 0 atom stereocenters. The molecular formula is C33H43N7O2. The van der Waals surface area contributed by atoms with Crippen LogP contribution in [-0.2, 0) is 6.54 Å². The third-order valence-corrected chi connectivity index (χ3v) is 8.25. The number of carbonyl (C=O) groups is 1. The molecule has 3 aromatic heterocycles. The number of nitrogens with one attached hydrogen (secondary N) is 2. The number of fused-ring (bicyclic) bond motifs is 1. The summed E-state index contributed by atoms with van der Waals surface area (Å²) in [6.07, 6.45) is 3.65. The summed E-state index contributed by atoms with van der Waals surface area (Å²) in [6, 6.07) is 10.8. The summed E-state index contributed by atoms with van der Waals surface area (Å²) in [7, 11) is 0. The number of anilines is 1. The number of aryl methyl sites for hydroxylation is 1. The summed E-state index contributed by atoms with van der Waals surface area (Å²) < 4.78 is 1.94. The molecule has 1 fully saturated rings.